The molecular weight excluding hydrogens is 272 g/mol. The summed E-state index contributed by atoms with van der Waals surface area (Å²) < 4.78 is 0. The van der Waals surface area contributed by atoms with E-state index in [0.29, 0.717) is 0 Å². The number of fused-ring (bicyclic) bond motifs is 1. The highest BCUT2D eigenvalue weighted by Crippen LogP contribution is 2.35. The van der Waals surface area contributed by atoms with Crippen LogP contribution in [0.25, 0.3) is 22.2 Å². The van der Waals surface area contributed by atoms with Crippen LogP contribution in [0.15, 0.2) is 55.4 Å². The van der Waals surface area contributed by atoms with Crippen molar-refractivity contribution in [3.05, 3.63) is 60.9 Å². The fourth-order valence-electron chi connectivity index (χ4n) is 3.35. The number of hydrogen-bond acceptors (Lipinski definition) is 3. The van der Waals surface area contributed by atoms with E-state index in [4.69, 9.17) is 0 Å². The molecule has 1 aromatic carbocycles. The highest BCUT2D eigenvalue weighted by Gasteiger charge is 2.32. The summed E-state index contributed by atoms with van der Waals surface area (Å²) >= 11 is 0. The average Bonchev–Trinajstić information content (AvgIpc) is 3.24. The monoisotopic (exact) mass is 290 g/mol. The molecule has 1 unspecified atom stereocenters. The minimum Gasteiger partial charge on any atom is -0.315 e. The number of rotatable bonds is 3. The maximum Gasteiger partial charge on any atom is 0.155 e. The number of pyridine rings is 1. The molecule has 0 radical (unpaired) electrons. The van der Waals surface area contributed by atoms with Crippen molar-refractivity contribution in [1.82, 2.24) is 20.5 Å². The van der Waals surface area contributed by atoms with Crippen molar-refractivity contribution in [2.75, 3.05) is 13.1 Å². The van der Waals surface area contributed by atoms with Crippen LogP contribution in [-0.2, 0) is 5.41 Å². The lowest BCUT2D eigenvalue weighted by Crippen LogP contribution is -2.26. The molecule has 3 heterocycles. The van der Waals surface area contributed by atoms with E-state index in [1.165, 1.54) is 11.1 Å². The minimum atomic E-state index is 0.0402. The molecule has 0 spiro atoms. The lowest BCUT2D eigenvalue weighted by Gasteiger charge is -2.25. The van der Waals surface area contributed by atoms with Gasteiger partial charge in [0.15, 0.2) is 5.65 Å². The highest BCUT2D eigenvalue weighted by atomic mass is 15.1. The van der Waals surface area contributed by atoms with E-state index in [-0.39, 0.29) is 5.41 Å². The quantitative estimate of drug-likeness (QED) is 0.729. The van der Waals surface area contributed by atoms with E-state index in [0.717, 1.165) is 36.1 Å². The smallest absolute Gasteiger partial charge is 0.155 e. The maximum atomic E-state index is 4.31. The summed E-state index contributed by atoms with van der Waals surface area (Å²) in [5.41, 5.74) is 4.53. The molecule has 2 N–H and O–H groups in total. The van der Waals surface area contributed by atoms with Crippen molar-refractivity contribution in [3.63, 3.8) is 0 Å². The van der Waals surface area contributed by atoms with Crippen molar-refractivity contribution >= 4 is 11.0 Å². The SMILES string of the molecule is C=CC1(c2cccc(-c3ccnc4[nH]ncc34)c2)CCNC1. The van der Waals surface area contributed by atoms with Gasteiger partial charge in [-0.05, 0) is 35.7 Å². The molecule has 1 saturated heterocycles. The second-order valence-electron chi connectivity index (χ2n) is 5.86. The molecule has 4 nitrogen and oxygen atoms in total. The van der Waals surface area contributed by atoms with E-state index < -0.39 is 0 Å². The Kier molecular flexibility index (Phi) is 3.05. The third-order valence-electron chi connectivity index (χ3n) is 4.68. The molecule has 1 aliphatic heterocycles. The first-order valence-electron chi connectivity index (χ1n) is 7.56. The lowest BCUT2D eigenvalue weighted by molar-refractivity contribution is 0.596. The molecule has 22 heavy (non-hydrogen) atoms. The van der Waals surface area contributed by atoms with Crippen LogP contribution in [0, 0.1) is 0 Å². The molecule has 4 rings (SSSR count). The maximum absolute atomic E-state index is 4.31. The van der Waals surface area contributed by atoms with E-state index in [1.54, 1.807) is 0 Å². The van der Waals surface area contributed by atoms with Gasteiger partial charge in [0, 0.05) is 23.5 Å². The van der Waals surface area contributed by atoms with Gasteiger partial charge >= 0.3 is 0 Å². The van der Waals surface area contributed by atoms with Gasteiger partial charge < -0.3 is 5.32 Å². The first kappa shape index (κ1) is 13.2. The summed E-state index contributed by atoms with van der Waals surface area (Å²) in [5, 5.41) is 11.5. The third kappa shape index (κ3) is 1.96. The van der Waals surface area contributed by atoms with Crippen LogP contribution in [-0.4, -0.2) is 28.3 Å². The van der Waals surface area contributed by atoms with Crippen molar-refractivity contribution in [1.29, 1.82) is 0 Å². The Hall–Kier alpha value is -2.46. The van der Waals surface area contributed by atoms with Crippen molar-refractivity contribution in [2.45, 2.75) is 11.8 Å². The Bertz CT molecular complexity index is 828. The first-order valence-corrected chi connectivity index (χ1v) is 7.56. The Morgan fingerprint density at radius 2 is 2.23 bits per heavy atom. The fraction of sp³-hybridized carbons (Fsp3) is 0.222. The van der Waals surface area contributed by atoms with Crippen LogP contribution in [0.1, 0.15) is 12.0 Å². The molecular formula is C18H18N4. The zero-order chi connectivity index (χ0) is 15.0. The molecule has 1 atom stereocenters. The summed E-state index contributed by atoms with van der Waals surface area (Å²) in [5.74, 6) is 0. The Morgan fingerprint density at radius 1 is 1.27 bits per heavy atom. The summed E-state index contributed by atoms with van der Waals surface area (Å²) in [7, 11) is 0. The topological polar surface area (TPSA) is 53.6 Å². The number of nitrogens with one attached hydrogen (secondary N) is 2. The van der Waals surface area contributed by atoms with Crippen LogP contribution in [0.3, 0.4) is 0 Å². The van der Waals surface area contributed by atoms with Gasteiger partial charge in [-0.2, -0.15) is 5.10 Å². The van der Waals surface area contributed by atoms with Crippen molar-refractivity contribution in [3.8, 4) is 11.1 Å². The number of benzene rings is 1. The Morgan fingerprint density at radius 3 is 3.05 bits per heavy atom. The van der Waals surface area contributed by atoms with Gasteiger partial charge in [-0.15, -0.1) is 6.58 Å². The van der Waals surface area contributed by atoms with Gasteiger partial charge in [0.25, 0.3) is 0 Å². The van der Waals surface area contributed by atoms with Gasteiger partial charge in [0.1, 0.15) is 0 Å². The average molecular weight is 290 g/mol. The molecule has 3 aromatic rings. The molecule has 0 aliphatic carbocycles. The standard InChI is InChI=1S/C18H18N4/c1-2-18(7-9-19-12-18)14-5-3-4-13(10-14)15-6-8-20-17-16(15)11-21-22-17/h2-6,8,10-11,19H,1,7,9,12H2,(H,20,21,22). The normalized spacial score (nSPS) is 21.3. The van der Waals surface area contributed by atoms with Crippen LogP contribution in [0.2, 0.25) is 0 Å². The number of aromatic nitrogens is 3. The van der Waals surface area contributed by atoms with Crippen molar-refractivity contribution in [2.24, 2.45) is 0 Å². The highest BCUT2D eigenvalue weighted by molar-refractivity contribution is 5.92. The predicted octanol–water partition coefficient (Wildman–Crippen LogP) is 3.04. The second kappa shape index (κ2) is 5.07. The molecule has 4 heteroatoms. The molecule has 110 valence electrons. The van der Waals surface area contributed by atoms with Gasteiger partial charge in [0.05, 0.1) is 6.20 Å². The molecule has 2 aromatic heterocycles. The first-order chi connectivity index (χ1) is 10.8. The second-order valence-corrected chi connectivity index (χ2v) is 5.86. The Labute approximate surface area is 129 Å². The summed E-state index contributed by atoms with van der Waals surface area (Å²) in [6.45, 7) is 6.07. The van der Waals surface area contributed by atoms with E-state index in [2.05, 4.69) is 57.4 Å². The fourth-order valence-corrected chi connectivity index (χ4v) is 3.35. The number of aromatic amines is 1. The van der Waals surface area contributed by atoms with Crippen LogP contribution in [0.5, 0.6) is 0 Å². The van der Waals surface area contributed by atoms with Crippen LogP contribution >= 0.6 is 0 Å². The number of nitrogens with zero attached hydrogens (tertiary/aromatic N) is 2. The Balaban J connectivity index is 1.86. The van der Waals surface area contributed by atoms with Gasteiger partial charge in [-0.25, -0.2) is 4.98 Å². The molecule has 1 aliphatic rings. The van der Waals surface area contributed by atoms with Gasteiger partial charge in [0.2, 0.25) is 0 Å². The van der Waals surface area contributed by atoms with Crippen LogP contribution in [0.4, 0.5) is 0 Å². The van der Waals surface area contributed by atoms with E-state index in [9.17, 15) is 0 Å². The number of hydrogen-bond donors (Lipinski definition) is 2. The third-order valence-corrected chi connectivity index (χ3v) is 4.68. The summed E-state index contributed by atoms with van der Waals surface area (Å²) in [6.07, 6.45) is 6.84. The largest absolute Gasteiger partial charge is 0.315 e. The van der Waals surface area contributed by atoms with Crippen molar-refractivity contribution < 1.29 is 0 Å². The zero-order valence-electron chi connectivity index (χ0n) is 12.3. The molecule has 1 fully saturated rings. The minimum absolute atomic E-state index is 0.0402. The predicted molar refractivity (Wildman–Crippen MR) is 88.7 cm³/mol. The lowest BCUT2D eigenvalue weighted by atomic mass is 9.79. The summed E-state index contributed by atoms with van der Waals surface area (Å²) in [6, 6.07) is 10.8. The molecule has 0 bridgehead atoms. The molecule has 0 saturated carbocycles. The summed E-state index contributed by atoms with van der Waals surface area (Å²) in [4.78, 5) is 4.31. The van der Waals surface area contributed by atoms with Gasteiger partial charge in [-0.1, -0.05) is 30.3 Å². The number of H-pyrrole nitrogens is 1. The van der Waals surface area contributed by atoms with E-state index in [1.807, 2.05) is 18.5 Å². The van der Waals surface area contributed by atoms with E-state index >= 15 is 0 Å². The molecule has 0 amide bonds. The van der Waals surface area contributed by atoms with Gasteiger partial charge in [-0.3, -0.25) is 5.10 Å². The zero-order valence-corrected chi connectivity index (χ0v) is 12.3. The van der Waals surface area contributed by atoms with Crippen LogP contribution < -0.4 is 5.32 Å².